The van der Waals surface area contributed by atoms with Gasteiger partial charge in [-0.1, -0.05) is 13.3 Å². The zero-order chi connectivity index (χ0) is 26.7. The molecule has 2 aliphatic rings. The summed E-state index contributed by atoms with van der Waals surface area (Å²) in [5, 5.41) is 12.8. The molecule has 2 unspecified atom stereocenters. The van der Waals surface area contributed by atoms with E-state index in [0.717, 1.165) is 31.1 Å². The molecule has 6 N–H and O–H groups in total. The summed E-state index contributed by atoms with van der Waals surface area (Å²) in [6.07, 6.45) is -2.76. The summed E-state index contributed by atoms with van der Waals surface area (Å²) in [6, 6.07) is -1.54. The first kappa shape index (κ1) is 31.4. The van der Waals surface area contributed by atoms with Crippen molar-refractivity contribution in [3.8, 4) is 0 Å². The number of phosphoric ester groups is 2. The van der Waals surface area contributed by atoms with Crippen molar-refractivity contribution in [3.63, 3.8) is 0 Å². The lowest BCUT2D eigenvalue weighted by Crippen LogP contribution is -2.65. The highest BCUT2D eigenvalue weighted by molar-refractivity contribution is 7.99. The standard InChI is InChI=1S/C18H35ClN2O11P2S/c1-5-6-10-7-11(21(3)8-10)17(23)20-12(9(2)19)14-15(31-33(24,25)26)13(22)16(18(30-14)35-4)32-34(27,28)29/h9-16,18,22H,5-8H2,1-4H3,(H,20,23)(H2,24,25,26)(H2,27,28,29)/t9-,10+,11+,12+,13?,14+,15+,16?,18+/m0/s1. The fraction of sp³-hybridized carbons (Fsp3) is 0.944. The number of nitrogens with one attached hydrogen (secondary N) is 1. The molecule has 2 rings (SSSR count). The van der Waals surface area contributed by atoms with Crippen LogP contribution >= 0.6 is 39.0 Å². The van der Waals surface area contributed by atoms with Crippen molar-refractivity contribution in [2.24, 2.45) is 5.92 Å². The van der Waals surface area contributed by atoms with Gasteiger partial charge in [-0.25, -0.2) is 9.13 Å². The van der Waals surface area contributed by atoms with Crippen LogP contribution in [0.25, 0.3) is 0 Å². The van der Waals surface area contributed by atoms with E-state index in [1.807, 2.05) is 11.9 Å². The van der Waals surface area contributed by atoms with Gasteiger partial charge in [0, 0.05) is 6.54 Å². The number of carbonyl (C=O) groups is 1. The summed E-state index contributed by atoms with van der Waals surface area (Å²) in [7, 11) is -8.52. The highest BCUT2D eigenvalue weighted by atomic mass is 35.5. The maximum Gasteiger partial charge on any atom is 0.470 e. The van der Waals surface area contributed by atoms with Gasteiger partial charge in [-0.2, -0.15) is 0 Å². The van der Waals surface area contributed by atoms with Crippen molar-refractivity contribution < 1.29 is 52.4 Å². The van der Waals surface area contributed by atoms with Crippen LogP contribution < -0.4 is 5.32 Å². The summed E-state index contributed by atoms with van der Waals surface area (Å²) < 4.78 is 38.4. The number of rotatable bonds is 11. The van der Waals surface area contributed by atoms with Crippen LogP contribution in [0.4, 0.5) is 0 Å². The lowest BCUT2D eigenvalue weighted by Gasteiger charge is -2.46. The van der Waals surface area contributed by atoms with E-state index in [-0.39, 0.29) is 5.91 Å². The fourth-order valence-electron chi connectivity index (χ4n) is 4.63. The van der Waals surface area contributed by atoms with E-state index in [4.69, 9.17) is 20.9 Å². The summed E-state index contributed by atoms with van der Waals surface area (Å²) in [5.74, 6) is -0.0246. The molecule has 206 valence electrons. The van der Waals surface area contributed by atoms with Gasteiger partial charge in [0.15, 0.2) is 0 Å². The van der Waals surface area contributed by atoms with E-state index < -0.39 is 63.0 Å². The third kappa shape index (κ3) is 8.88. The van der Waals surface area contributed by atoms with Crippen molar-refractivity contribution in [1.29, 1.82) is 0 Å². The van der Waals surface area contributed by atoms with Gasteiger partial charge in [0.1, 0.15) is 29.9 Å². The minimum atomic E-state index is -5.23. The van der Waals surface area contributed by atoms with E-state index in [2.05, 4.69) is 16.8 Å². The Morgan fingerprint density at radius 2 is 1.80 bits per heavy atom. The van der Waals surface area contributed by atoms with Crippen LogP contribution in [0.2, 0.25) is 0 Å². The third-order valence-electron chi connectivity index (χ3n) is 6.10. The number of hydrogen-bond donors (Lipinski definition) is 6. The smallest absolute Gasteiger partial charge is 0.387 e. The fourth-order valence-corrected chi connectivity index (χ4v) is 6.76. The van der Waals surface area contributed by atoms with Crippen molar-refractivity contribution in [2.75, 3.05) is 19.8 Å². The largest absolute Gasteiger partial charge is 0.470 e. The molecule has 0 aromatic carbocycles. The Hall–Kier alpha value is 0.210. The van der Waals surface area contributed by atoms with Gasteiger partial charge in [-0.3, -0.25) is 18.7 Å². The van der Waals surface area contributed by atoms with Gasteiger partial charge < -0.3 is 34.7 Å². The number of ether oxygens (including phenoxy) is 1. The molecule has 2 fully saturated rings. The molecule has 0 radical (unpaired) electrons. The van der Waals surface area contributed by atoms with E-state index in [1.165, 1.54) is 13.2 Å². The van der Waals surface area contributed by atoms with Gasteiger partial charge in [-0.05, 0) is 39.0 Å². The number of amides is 1. The summed E-state index contributed by atoms with van der Waals surface area (Å²) in [5.41, 5.74) is -1.18. The molecule has 2 saturated heterocycles. The van der Waals surface area contributed by atoms with E-state index in [0.29, 0.717) is 12.3 Å². The second-order valence-corrected chi connectivity index (χ2v) is 12.9. The number of aliphatic hydroxyl groups is 1. The number of halogens is 1. The van der Waals surface area contributed by atoms with Crippen LogP contribution in [0.3, 0.4) is 0 Å². The van der Waals surface area contributed by atoms with Crippen molar-refractivity contribution >= 4 is 44.9 Å². The maximum atomic E-state index is 13.2. The maximum absolute atomic E-state index is 13.2. The average Bonchev–Trinajstić information content (AvgIpc) is 3.08. The first-order valence-corrected chi connectivity index (χ1v) is 15.8. The Morgan fingerprint density at radius 1 is 1.23 bits per heavy atom. The van der Waals surface area contributed by atoms with Gasteiger partial charge in [-0.15, -0.1) is 23.4 Å². The Labute approximate surface area is 213 Å². The topological polar surface area (TPSA) is 195 Å². The molecular formula is C18H35ClN2O11P2S. The van der Waals surface area contributed by atoms with E-state index >= 15 is 0 Å². The molecule has 13 nitrogen and oxygen atoms in total. The number of phosphoric acid groups is 2. The normalized spacial score (nSPS) is 34.5. The molecule has 0 spiro atoms. The van der Waals surface area contributed by atoms with Crippen LogP contribution in [0.15, 0.2) is 0 Å². The number of hydrogen-bond acceptors (Lipinski definition) is 9. The number of likely N-dealkylation sites (tertiary alicyclic amines) is 1. The number of alkyl halides is 1. The average molecular weight is 585 g/mol. The molecule has 2 aliphatic heterocycles. The van der Waals surface area contributed by atoms with E-state index in [9.17, 15) is 38.6 Å². The molecule has 17 heteroatoms. The molecule has 0 saturated carbocycles. The predicted octanol–water partition coefficient (Wildman–Crippen LogP) is 0.623. The van der Waals surface area contributed by atoms with Crippen molar-refractivity contribution in [1.82, 2.24) is 10.2 Å². The lowest BCUT2D eigenvalue weighted by molar-refractivity contribution is -0.197. The second-order valence-electron chi connectivity index (χ2n) is 8.87. The minimum Gasteiger partial charge on any atom is -0.387 e. The first-order chi connectivity index (χ1) is 16.1. The Morgan fingerprint density at radius 3 is 2.29 bits per heavy atom. The summed E-state index contributed by atoms with van der Waals surface area (Å²) in [6.45, 7) is 4.34. The molecule has 9 atom stereocenters. The van der Waals surface area contributed by atoms with Crippen LogP contribution in [0.1, 0.15) is 33.1 Å². The number of nitrogens with zero attached hydrogens (tertiary/aromatic N) is 1. The predicted molar refractivity (Wildman–Crippen MR) is 129 cm³/mol. The highest BCUT2D eigenvalue weighted by Gasteiger charge is 2.54. The SMILES string of the molecule is CCC[C@@H]1C[C@H](C(=O)N[C@@H]([C@H]2O[C@H](SC)C(OP(=O)(O)O)C(O)[C@H]2OP(=O)(O)O)[C@H](C)Cl)N(C)C1. The Bertz CT molecular complexity index is 815. The highest BCUT2D eigenvalue weighted by Crippen LogP contribution is 2.47. The number of thioether (sulfide) groups is 1. The van der Waals surface area contributed by atoms with Crippen LogP contribution in [0, 0.1) is 5.92 Å². The van der Waals surface area contributed by atoms with Crippen LogP contribution in [0.5, 0.6) is 0 Å². The zero-order valence-electron chi connectivity index (χ0n) is 19.8. The number of aliphatic hydroxyl groups excluding tert-OH is 1. The monoisotopic (exact) mass is 584 g/mol. The van der Waals surface area contributed by atoms with Crippen molar-refractivity contribution in [3.05, 3.63) is 0 Å². The summed E-state index contributed by atoms with van der Waals surface area (Å²) >= 11 is 7.30. The van der Waals surface area contributed by atoms with Gasteiger partial charge >= 0.3 is 15.6 Å². The molecule has 0 bridgehead atoms. The number of carbonyl (C=O) groups excluding carboxylic acids is 1. The zero-order valence-corrected chi connectivity index (χ0v) is 23.2. The third-order valence-corrected chi connectivity index (χ3v) is 8.25. The van der Waals surface area contributed by atoms with Gasteiger partial charge in [0.25, 0.3) is 0 Å². The molecule has 1 amide bonds. The molecule has 35 heavy (non-hydrogen) atoms. The second kappa shape index (κ2) is 12.8. The van der Waals surface area contributed by atoms with Gasteiger partial charge in [0.05, 0.1) is 17.5 Å². The quantitative estimate of drug-likeness (QED) is 0.146. The molecule has 2 heterocycles. The molecular weight excluding hydrogens is 550 g/mol. The van der Waals surface area contributed by atoms with E-state index in [1.54, 1.807) is 0 Å². The summed E-state index contributed by atoms with van der Waals surface area (Å²) in [4.78, 5) is 52.5. The van der Waals surface area contributed by atoms with Crippen LogP contribution in [-0.2, 0) is 27.7 Å². The number of likely N-dealkylation sites (N-methyl/N-ethyl adjacent to an activating group) is 1. The molecule has 0 aromatic rings. The first-order valence-electron chi connectivity index (χ1n) is 11.1. The van der Waals surface area contributed by atoms with Crippen molar-refractivity contribution in [2.45, 2.75) is 80.4 Å². The Kier molecular flexibility index (Phi) is 11.5. The molecule has 0 aromatic heterocycles. The van der Waals surface area contributed by atoms with Crippen LogP contribution in [-0.4, -0.2) is 103 Å². The minimum absolute atomic E-state index is 0.345. The lowest BCUT2D eigenvalue weighted by atomic mass is 9.92. The molecule has 0 aliphatic carbocycles. The Balaban J connectivity index is 2.34. The van der Waals surface area contributed by atoms with Gasteiger partial charge in [0.2, 0.25) is 5.91 Å².